The van der Waals surface area contributed by atoms with Gasteiger partial charge in [0.2, 0.25) is 5.91 Å². The largest absolute Gasteiger partial charge is 0.352 e. The van der Waals surface area contributed by atoms with Gasteiger partial charge in [0.1, 0.15) is 0 Å². The second-order valence-corrected chi connectivity index (χ2v) is 7.07. The Balaban J connectivity index is 1.43. The molecule has 5 nitrogen and oxygen atoms in total. The number of nitrogens with one attached hydrogen (secondary N) is 1. The Hall–Kier alpha value is -1.36. The van der Waals surface area contributed by atoms with Crippen molar-refractivity contribution in [1.82, 2.24) is 20.0 Å². The van der Waals surface area contributed by atoms with Crippen LogP contribution in [0.25, 0.3) is 0 Å². The SMILES string of the molecule is O=C(CCn1cccn1)N[C@H]1CCCN(C2CCCCCC2)C1. The lowest BCUT2D eigenvalue weighted by atomic mass is 10.00. The first kappa shape index (κ1) is 16.5. The predicted molar refractivity (Wildman–Crippen MR) is 91.1 cm³/mol. The lowest BCUT2D eigenvalue weighted by molar-refractivity contribution is -0.122. The van der Waals surface area contributed by atoms with E-state index in [0.717, 1.165) is 19.0 Å². The molecule has 0 unspecified atom stereocenters. The van der Waals surface area contributed by atoms with Crippen molar-refractivity contribution in [2.45, 2.75) is 76.4 Å². The zero-order chi connectivity index (χ0) is 15.9. The average Bonchev–Trinajstić information content (AvgIpc) is 2.93. The number of hydrogen-bond donors (Lipinski definition) is 1. The molecule has 0 radical (unpaired) electrons. The van der Waals surface area contributed by atoms with Gasteiger partial charge in [-0.25, -0.2) is 0 Å². The van der Waals surface area contributed by atoms with Crippen molar-refractivity contribution < 1.29 is 4.79 Å². The van der Waals surface area contributed by atoms with E-state index in [2.05, 4.69) is 15.3 Å². The van der Waals surface area contributed by atoms with Gasteiger partial charge in [0.05, 0.1) is 0 Å². The van der Waals surface area contributed by atoms with Crippen LogP contribution in [0.2, 0.25) is 0 Å². The number of rotatable bonds is 5. The molecule has 0 bridgehead atoms. The molecule has 1 N–H and O–H groups in total. The number of carbonyl (C=O) groups excluding carboxylic acids is 1. The summed E-state index contributed by atoms with van der Waals surface area (Å²) in [7, 11) is 0. The van der Waals surface area contributed by atoms with Crippen LogP contribution in [0.1, 0.15) is 57.8 Å². The smallest absolute Gasteiger partial charge is 0.222 e. The molecule has 1 aromatic rings. The lowest BCUT2D eigenvalue weighted by Crippen LogP contribution is -2.51. The minimum absolute atomic E-state index is 0.160. The Morgan fingerprint density at radius 2 is 1.96 bits per heavy atom. The van der Waals surface area contributed by atoms with E-state index in [1.54, 1.807) is 6.20 Å². The molecule has 2 fully saturated rings. The molecule has 1 aliphatic heterocycles. The van der Waals surface area contributed by atoms with Gasteiger partial charge in [-0.3, -0.25) is 14.4 Å². The van der Waals surface area contributed by atoms with Crippen LogP contribution in [0.15, 0.2) is 18.5 Å². The van der Waals surface area contributed by atoms with Crippen molar-refractivity contribution in [3.63, 3.8) is 0 Å². The van der Waals surface area contributed by atoms with E-state index in [0.29, 0.717) is 19.0 Å². The van der Waals surface area contributed by atoms with Gasteiger partial charge in [-0.1, -0.05) is 25.7 Å². The molecule has 23 heavy (non-hydrogen) atoms. The molecule has 3 rings (SSSR count). The number of piperidine rings is 1. The Bertz CT molecular complexity index is 465. The van der Waals surface area contributed by atoms with E-state index in [-0.39, 0.29) is 5.91 Å². The molecule has 2 aliphatic rings. The van der Waals surface area contributed by atoms with Crippen molar-refractivity contribution in [1.29, 1.82) is 0 Å². The third kappa shape index (κ3) is 5.06. The first-order valence-electron chi connectivity index (χ1n) is 9.32. The molecule has 1 aromatic heterocycles. The predicted octanol–water partition coefficient (Wildman–Crippen LogP) is 2.58. The minimum atomic E-state index is 0.160. The number of likely N-dealkylation sites (tertiary alicyclic amines) is 1. The van der Waals surface area contributed by atoms with Crippen molar-refractivity contribution in [3.05, 3.63) is 18.5 Å². The minimum Gasteiger partial charge on any atom is -0.352 e. The molecule has 2 heterocycles. The third-order valence-corrected chi connectivity index (χ3v) is 5.29. The Morgan fingerprint density at radius 1 is 1.13 bits per heavy atom. The van der Waals surface area contributed by atoms with Crippen molar-refractivity contribution in [2.75, 3.05) is 13.1 Å². The summed E-state index contributed by atoms with van der Waals surface area (Å²) in [6, 6.07) is 2.97. The monoisotopic (exact) mass is 318 g/mol. The number of aryl methyl sites for hydroxylation is 1. The summed E-state index contributed by atoms with van der Waals surface area (Å²) in [6.07, 6.45) is 14.8. The second kappa shape index (κ2) is 8.48. The van der Waals surface area contributed by atoms with E-state index < -0.39 is 0 Å². The van der Waals surface area contributed by atoms with Gasteiger partial charge in [0.15, 0.2) is 0 Å². The molecule has 1 aliphatic carbocycles. The Kier molecular flexibility index (Phi) is 6.08. The van der Waals surface area contributed by atoms with Crippen LogP contribution < -0.4 is 5.32 Å². The summed E-state index contributed by atoms with van der Waals surface area (Å²) in [5.41, 5.74) is 0. The van der Waals surface area contributed by atoms with Crippen LogP contribution in [0.4, 0.5) is 0 Å². The fraction of sp³-hybridized carbons (Fsp3) is 0.778. The van der Waals surface area contributed by atoms with E-state index in [4.69, 9.17) is 0 Å². The van der Waals surface area contributed by atoms with E-state index >= 15 is 0 Å². The second-order valence-electron chi connectivity index (χ2n) is 7.07. The molecule has 5 heteroatoms. The van der Waals surface area contributed by atoms with Gasteiger partial charge in [-0.2, -0.15) is 5.10 Å². The van der Waals surface area contributed by atoms with Gasteiger partial charge in [0, 0.05) is 44.0 Å². The molecular weight excluding hydrogens is 288 g/mol. The molecule has 1 saturated heterocycles. The molecule has 1 saturated carbocycles. The van der Waals surface area contributed by atoms with Gasteiger partial charge in [0.25, 0.3) is 0 Å². The number of aromatic nitrogens is 2. The zero-order valence-electron chi connectivity index (χ0n) is 14.1. The maximum absolute atomic E-state index is 12.2. The number of hydrogen-bond acceptors (Lipinski definition) is 3. The van der Waals surface area contributed by atoms with Crippen LogP contribution in [0.5, 0.6) is 0 Å². The highest BCUT2D eigenvalue weighted by Crippen LogP contribution is 2.24. The highest BCUT2D eigenvalue weighted by atomic mass is 16.1. The maximum atomic E-state index is 12.2. The molecule has 1 atom stereocenters. The quantitative estimate of drug-likeness (QED) is 0.849. The molecule has 0 aromatic carbocycles. The highest BCUT2D eigenvalue weighted by molar-refractivity contribution is 5.76. The van der Waals surface area contributed by atoms with Crippen molar-refractivity contribution >= 4 is 5.91 Å². The first-order chi connectivity index (χ1) is 11.3. The lowest BCUT2D eigenvalue weighted by Gasteiger charge is -2.38. The normalized spacial score (nSPS) is 24.3. The first-order valence-corrected chi connectivity index (χ1v) is 9.32. The van der Waals surface area contributed by atoms with Crippen LogP contribution in [-0.4, -0.2) is 45.8 Å². The number of amides is 1. The molecule has 0 spiro atoms. The summed E-state index contributed by atoms with van der Waals surface area (Å²) in [6.45, 7) is 2.92. The summed E-state index contributed by atoms with van der Waals surface area (Å²) < 4.78 is 1.82. The van der Waals surface area contributed by atoms with Crippen LogP contribution in [0.3, 0.4) is 0 Å². The third-order valence-electron chi connectivity index (χ3n) is 5.29. The Labute approximate surface area is 139 Å². The fourth-order valence-corrected chi connectivity index (χ4v) is 4.03. The van der Waals surface area contributed by atoms with Gasteiger partial charge < -0.3 is 5.32 Å². The van der Waals surface area contributed by atoms with Crippen LogP contribution in [0, 0.1) is 0 Å². The zero-order valence-corrected chi connectivity index (χ0v) is 14.1. The standard InChI is InChI=1S/C18H30N4O/c23-18(10-14-22-13-6-11-19-22)20-16-7-5-12-21(15-16)17-8-3-1-2-4-9-17/h6,11,13,16-17H,1-5,7-10,12,14-15H2,(H,20,23)/t16-/m0/s1. The van der Waals surface area contributed by atoms with E-state index in [9.17, 15) is 4.79 Å². The molecule has 128 valence electrons. The summed E-state index contributed by atoms with van der Waals surface area (Å²) in [5, 5.41) is 7.39. The number of nitrogens with zero attached hydrogens (tertiary/aromatic N) is 3. The van der Waals surface area contributed by atoms with Crippen molar-refractivity contribution in [3.8, 4) is 0 Å². The number of carbonyl (C=O) groups is 1. The Morgan fingerprint density at radius 3 is 2.70 bits per heavy atom. The van der Waals surface area contributed by atoms with Gasteiger partial charge >= 0.3 is 0 Å². The summed E-state index contributed by atoms with van der Waals surface area (Å²) in [5.74, 6) is 0.160. The van der Waals surface area contributed by atoms with Gasteiger partial charge in [-0.05, 0) is 38.3 Å². The van der Waals surface area contributed by atoms with E-state index in [1.807, 2.05) is 16.9 Å². The van der Waals surface area contributed by atoms with Crippen LogP contribution >= 0.6 is 0 Å². The highest BCUT2D eigenvalue weighted by Gasteiger charge is 2.27. The van der Waals surface area contributed by atoms with Crippen molar-refractivity contribution in [2.24, 2.45) is 0 Å². The summed E-state index contributed by atoms with van der Waals surface area (Å²) >= 11 is 0. The van der Waals surface area contributed by atoms with Gasteiger partial charge in [-0.15, -0.1) is 0 Å². The maximum Gasteiger partial charge on any atom is 0.222 e. The average molecular weight is 318 g/mol. The topological polar surface area (TPSA) is 50.2 Å². The molecule has 1 amide bonds. The van der Waals surface area contributed by atoms with Crippen LogP contribution in [-0.2, 0) is 11.3 Å². The fourth-order valence-electron chi connectivity index (χ4n) is 4.03. The summed E-state index contributed by atoms with van der Waals surface area (Å²) in [4.78, 5) is 14.8. The molecular formula is C18H30N4O. The van der Waals surface area contributed by atoms with E-state index in [1.165, 1.54) is 51.5 Å².